The van der Waals surface area contributed by atoms with Crippen molar-refractivity contribution in [1.82, 2.24) is 14.9 Å². The van der Waals surface area contributed by atoms with Crippen molar-refractivity contribution in [1.29, 1.82) is 0 Å². The molecule has 0 fully saturated rings. The molecule has 1 aromatic rings. The molecule has 0 amide bonds. The summed E-state index contributed by atoms with van der Waals surface area (Å²) < 4.78 is 1.00. The number of hydrazine groups is 2. The van der Waals surface area contributed by atoms with Crippen molar-refractivity contribution in [3.8, 4) is 0 Å². The standard InChI is InChI=1S/C2H6N6.2H2N2O2/c3-1-6-7-2(4)8(1)5;2*1-2(3)4/h5H2,(H2,3,6)(H2,4,7);2*1H2. The van der Waals surface area contributed by atoms with Gasteiger partial charge in [0, 0.05) is 0 Å². The first-order valence-electron chi connectivity index (χ1n) is 3.18. The van der Waals surface area contributed by atoms with Crippen molar-refractivity contribution in [2.75, 3.05) is 17.3 Å². The average Bonchev–Trinajstić information content (AvgIpc) is 2.34. The van der Waals surface area contributed by atoms with Gasteiger partial charge in [-0.2, -0.15) is 16.4 Å². The van der Waals surface area contributed by atoms with Crippen molar-refractivity contribution in [3.05, 3.63) is 20.2 Å². The van der Waals surface area contributed by atoms with Crippen LogP contribution in [0.2, 0.25) is 0 Å². The first kappa shape index (κ1) is 15.4. The molecular weight excluding hydrogens is 228 g/mol. The number of nitrogen functional groups attached to an aromatic ring is 3. The Kier molecular flexibility index (Phi) is 7.08. The fourth-order valence-corrected chi connectivity index (χ4v) is 0.316. The van der Waals surface area contributed by atoms with Gasteiger partial charge in [0.15, 0.2) is 10.1 Å². The van der Waals surface area contributed by atoms with E-state index < -0.39 is 10.1 Å². The van der Waals surface area contributed by atoms with Crippen LogP contribution in [0.5, 0.6) is 0 Å². The van der Waals surface area contributed by atoms with E-state index in [0.717, 1.165) is 4.68 Å². The number of anilines is 2. The molecule has 0 unspecified atom stereocenters. The fraction of sp³-hybridized carbons (Fsp3) is 0. The Bertz CT molecular complexity index is 305. The summed E-state index contributed by atoms with van der Waals surface area (Å²) in [4.78, 5) is 17.2. The lowest BCUT2D eigenvalue weighted by Gasteiger charge is -1.90. The van der Waals surface area contributed by atoms with Gasteiger partial charge in [0.05, 0.1) is 0 Å². The van der Waals surface area contributed by atoms with Gasteiger partial charge in [0.25, 0.3) is 0 Å². The summed E-state index contributed by atoms with van der Waals surface area (Å²) >= 11 is 0. The topological polar surface area (TPSA) is 247 Å². The summed E-state index contributed by atoms with van der Waals surface area (Å²) in [6.45, 7) is 0. The van der Waals surface area contributed by atoms with Crippen LogP contribution in [-0.2, 0) is 0 Å². The molecule has 0 bridgehead atoms. The molecule has 0 saturated carbocycles. The second-order valence-corrected chi connectivity index (χ2v) is 1.86. The number of hydrogen-bond donors (Lipinski definition) is 5. The minimum Gasteiger partial charge on any atom is -0.366 e. The molecule has 14 nitrogen and oxygen atoms in total. The summed E-state index contributed by atoms with van der Waals surface area (Å²) in [5.74, 6) is 13.0. The number of aromatic nitrogens is 3. The maximum atomic E-state index is 8.58. The Morgan fingerprint density at radius 1 is 1.00 bits per heavy atom. The van der Waals surface area contributed by atoms with E-state index in [-0.39, 0.29) is 11.9 Å². The van der Waals surface area contributed by atoms with Crippen molar-refractivity contribution in [2.24, 2.45) is 11.7 Å². The number of nitrogens with two attached hydrogens (primary N) is 5. The Morgan fingerprint density at radius 2 is 1.19 bits per heavy atom. The molecule has 0 spiro atoms. The molecule has 1 heterocycles. The summed E-state index contributed by atoms with van der Waals surface area (Å²) in [6.07, 6.45) is 0. The highest BCUT2D eigenvalue weighted by Gasteiger charge is 1.97. The lowest BCUT2D eigenvalue weighted by molar-refractivity contribution is -0.491. The number of nitrogens with zero attached hydrogens (tertiary/aromatic N) is 5. The Labute approximate surface area is 87.2 Å². The molecule has 16 heavy (non-hydrogen) atoms. The summed E-state index contributed by atoms with van der Waals surface area (Å²) in [7, 11) is 0. The third-order valence-electron chi connectivity index (χ3n) is 0.749. The lowest BCUT2D eigenvalue weighted by Crippen LogP contribution is -2.14. The maximum Gasteiger partial charge on any atom is 0.242 e. The smallest absolute Gasteiger partial charge is 0.242 e. The van der Waals surface area contributed by atoms with E-state index in [2.05, 4.69) is 21.9 Å². The first-order chi connectivity index (χ1) is 7.18. The largest absolute Gasteiger partial charge is 0.366 e. The normalized spacial score (nSPS) is 7.75. The minimum atomic E-state index is -1.00. The molecule has 14 heteroatoms. The highest BCUT2D eigenvalue weighted by atomic mass is 16.7. The second kappa shape index (κ2) is 7.35. The predicted octanol–water partition coefficient (Wildman–Crippen LogP) is -3.57. The number of nitro groups is 2. The molecule has 1 aromatic heterocycles. The maximum absolute atomic E-state index is 8.58. The Balaban J connectivity index is 0. The van der Waals surface area contributed by atoms with Crippen LogP contribution in [0.25, 0.3) is 0 Å². The monoisotopic (exact) mass is 238 g/mol. The number of hydrogen-bond acceptors (Lipinski definition) is 9. The molecule has 0 aliphatic carbocycles. The van der Waals surface area contributed by atoms with Crippen LogP contribution in [0.15, 0.2) is 0 Å². The highest BCUT2D eigenvalue weighted by Crippen LogP contribution is 1.95. The van der Waals surface area contributed by atoms with Gasteiger partial charge in [0.1, 0.15) is 0 Å². The van der Waals surface area contributed by atoms with E-state index in [9.17, 15) is 0 Å². The van der Waals surface area contributed by atoms with Gasteiger partial charge >= 0.3 is 0 Å². The molecule has 0 saturated heterocycles. The number of rotatable bonds is 0. The van der Waals surface area contributed by atoms with Crippen molar-refractivity contribution < 1.29 is 10.1 Å². The third kappa shape index (κ3) is 10.9. The van der Waals surface area contributed by atoms with Crippen LogP contribution in [-0.4, -0.2) is 24.9 Å². The zero-order valence-electron chi connectivity index (χ0n) is 7.76. The quantitative estimate of drug-likeness (QED) is 0.168. The van der Waals surface area contributed by atoms with Crippen LogP contribution >= 0.6 is 0 Å². The molecule has 0 aliphatic heterocycles. The van der Waals surface area contributed by atoms with Gasteiger partial charge in [0.2, 0.25) is 11.9 Å². The SMILES string of the molecule is N[N+](=O)[O-].N[N+](=O)[O-].Nc1nnc(N)n1N. The van der Waals surface area contributed by atoms with Gasteiger partial charge in [-0.1, -0.05) is 0 Å². The van der Waals surface area contributed by atoms with Crippen LogP contribution in [0.1, 0.15) is 0 Å². The van der Waals surface area contributed by atoms with E-state index in [1.807, 2.05) is 0 Å². The highest BCUT2D eigenvalue weighted by molar-refractivity contribution is 5.28. The van der Waals surface area contributed by atoms with Gasteiger partial charge in [-0.3, -0.25) is 0 Å². The average molecular weight is 238 g/mol. The van der Waals surface area contributed by atoms with E-state index in [1.165, 1.54) is 0 Å². The lowest BCUT2D eigenvalue weighted by atomic mass is 11.0. The second-order valence-electron chi connectivity index (χ2n) is 1.86. The Morgan fingerprint density at radius 3 is 1.25 bits per heavy atom. The van der Waals surface area contributed by atoms with Gasteiger partial charge in [-0.25, -0.2) is 20.2 Å². The molecule has 92 valence electrons. The summed E-state index contributed by atoms with van der Waals surface area (Å²) in [5, 5.41) is 21.9. The summed E-state index contributed by atoms with van der Waals surface area (Å²) in [6, 6.07) is 0. The van der Waals surface area contributed by atoms with Crippen molar-refractivity contribution in [2.45, 2.75) is 0 Å². The van der Waals surface area contributed by atoms with Gasteiger partial charge in [-0.05, 0) is 0 Å². The molecule has 0 aliphatic rings. The van der Waals surface area contributed by atoms with E-state index in [1.54, 1.807) is 0 Å². The fourth-order valence-electron chi connectivity index (χ4n) is 0.316. The van der Waals surface area contributed by atoms with Crippen LogP contribution in [0, 0.1) is 20.2 Å². The molecule has 0 atom stereocenters. The molecule has 0 aromatic carbocycles. The first-order valence-corrected chi connectivity index (χ1v) is 3.18. The molecular formula is C2H10N10O4. The molecule has 0 radical (unpaired) electrons. The van der Waals surface area contributed by atoms with E-state index >= 15 is 0 Å². The van der Waals surface area contributed by atoms with Gasteiger partial charge in [-0.15, -0.1) is 10.2 Å². The van der Waals surface area contributed by atoms with Crippen molar-refractivity contribution in [3.63, 3.8) is 0 Å². The van der Waals surface area contributed by atoms with Crippen molar-refractivity contribution >= 4 is 11.9 Å². The zero-order chi connectivity index (χ0) is 13.3. The molecule has 1 rings (SSSR count). The minimum absolute atomic E-state index is 0.113. The zero-order valence-corrected chi connectivity index (χ0v) is 7.76. The van der Waals surface area contributed by atoms with Crippen LogP contribution < -0.4 is 29.0 Å². The Hall–Kier alpha value is -3.06. The van der Waals surface area contributed by atoms with E-state index in [4.69, 9.17) is 37.5 Å². The van der Waals surface area contributed by atoms with E-state index in [0.29, 0.717) is 0 Å². The van der Waals surface area contributed by atoms with Gasteiger partial charge < -0.3 is 17.3 Å². The third-order valence-corrected chi connectivity index (χ3v) is 0.749. The van der Waals surface area contributed by atoms with Crippen LogP contribution in [0.4, 0.5) is 11.9 Å². The summed E-state index contributed by atoms with van der Waals surface area (Å²) in [5.41, 5.74) is 10.2. The predicted molar refractivity (Wildman–Crippen MR) is 51.4 cm³/mol. The molecule has 10 N–H and O–H groups in total. The van der Waals surface area contributed by atoms with Crippen LogP contribution in [0.3, 0.4) is 0 Å².